The second-order valence-corrected chi connectivity index (χ2v) is 13.7. The molecule has 5 heteroatoms. The molecule has 4 aromatic rings. The summed E-state index contributed by atoms with van der Waals surface area (Å²) in [5, 5.41) is 3.65. The van der Waals surface area contributed by atoms with Crippen molar-refractivity contribution < 1.29 is 9.53 Å². The molecule has 4 bridgehead atoms. The van der Waals surface area contributed by atoms with Gasteiger partial charge in [-0.2, -0.15) is 0 Å². The first kappa shape index (κ1) is 27.9. The molecule has 43 heavy (non-hydrogen) atoms. The van der Waals surface area contributed by atoms with Crippen LogP contribution in [0.3, 0.4) is 0 Å². The number of hydrogen-bond donors (Lipinski definition) is 2. The number of imidazole rings is 1. The van der Waals surface area contributed by atoms with Crippen LogP contribution in [-0.4, -0.2) is 15.9 Å². The van der Waals surface area contributed by atoms with Gasteiger partial charge in [-0.25, -0.2) is 9.78 Å². The molecule has 0 radical (unpaired) electrons. The lowest BCUT2D eigenvalue weighted by atomic mass is 9.48. The zero-order chi connectivity index (χ0) is 29.4. The molecule has 1 heterocycles. The average molecular weight is 574 g/mol. The van der Waals surface area contributed by atoms with Crippen LogP contribution in [0.5, 0.6) is 0 Å². The molecule has 1 atom stereocenters. The number of esters is 1. The van der Waals surface area contributed by atoms with Gasteiger partial charge in [-0.05, 0) is 118 Å². The summed E-state index contributed by atoms with van der Waals surface area (Å²) in [6, 6.07) is 25.8. The van der Waals surface area contributed by atoms with Crippen molar-refractivity contribution in [3.8, 4) is 11.4 Å². The number of aryl methyl sites for hydroxylation is 2. The van der Waals surface area contributed by atoms with Crippen molar-refractivity contribution in [3.05, 3.63) is 107 Å². The molecule has 4 fully saturated rings. The summed E-state index contributed by atoms with van der Waals surface area (Å²) in [6.45, 7) is 4.58. The van der Waals surface area contributed by atoms with Crippen LogP contribution in [0.1, 0.15) is 90.8 Å². The van der Waals surface area contributed by atoms with Gasteiger partial charge in [0.15, 0.2) is 0 Å². The summed E-state index contributed by atoms with van der Waals surface area (Å²) in [6.07, 6.45) is 11.0. The van der Waals surface area contributed by atoms with Crippen LogP contribution in [0.15, 0.2) is 78.9 Å². The summed E-state index contributed by atoms with van der Waals surface area (Å²) in [5.74, 6) is 3.50. The Morgan fingerprint density at radius 2 is 1.65 bits per heavy atom. The van der Waals surface area contributed by atoms with Crippen LogP contribution in [-0.2, 0) is 17.8 Å². The average Bonchev–Trinajstić information content (AvgIpc) is 3.43. The largest absolute Gasteiger partial charge is 0.457 e. The number of benzene rings is 3. The van der Waals surface area contributed by atoms with E-state index in [0.717, 1.165) is 52.5 Å². The monoisotopic (exact) mass is 573 g/mol. The number of aromatic nitrogens is 2. The Bertz CT molecular complexity index is 1550. The van der Waals surface area contributed by atoms with E-state index in [1.54, 1.807) is 0 Å². The molecule has 5 nitrogen and oxygen atoms in total. The Kier molecular flexibility index (Phi) is 7.58. The minimum atomic E-state index is -0.321. The van der Waals surface area contributed by atoms with E-state index >= 15 is 0 Å². The Hall–Kier alpha value is -3.86. The van der Waals surface area contributed by atoms with E-state index in [2.05, 4.69) is 48.4 Å². The molecule has 1 unspecified atom stereocenters. The molecule has 4 aliphatic rings. The van der Waals surface area contributed by atoms with E-state index in [9.17, 15) is 4.79 Å². The van der Waals surface area contributed by atoms with Crippen LogP contribution in [0.4, 0.5) is 5.69 Å². The van der Waals surface area contributed by atoms with E-state index in [4.69, 9.17) is 9.72 Å². The number of nitrogens with zero attached hydrogens (tertiary/aromatic N) is 1. The van der Waals surface area contributed by atoms with Crippen molar-refractivity contribution in [1.82, 2.24) is 9.97 Å². The molecule has 2 N–H and O–H groups in total. The SMILES string of the molecule is Cc1ccccc1-c1nc(C(C)Nc2cccc(C(=O)OCc3ccccc3)c2)c(CCC23CC4CC(CC(C4)C2)C3)[nH]1. The number of anilines is 1. The number of carbonyl (C=O) groups excluding carboxylic acids is 1. The second kappa shape index (κ2) is 11.7. The number of hydrogen-bond acceptors (Lipinski definition) is 4. The van der Waals surface area contributed by atoms with E-state index in [1.165, 1.54) is 56.2 Å². The molecule has 0 saturated heterocycles. The summed E-state index contributed by atoms with van der Waals surface area (Å²) < 4.78 is 5.59. The van der Waals surface area contributed by atoms with Gasteiger partial charge in [0, 0.05) is 16.9 Å². The third-order valence-corrected chi connectivity index (χ3v) is 10.4. The zero-order valence-corrected chi connectivity index (χ0v) is 25.4. The fourth-order valence-corrected chi connectivity index (χ4v) is 8.78. The first-order chi connectivity index (χ1) is 20.9. The zero-order valence-electron chi connectivity index (χ0n) is 25.4. The van der Waals surface area contributed by atoms with E-state index in [0.29, 0.717) is 11.0 Å². The normalized spacial score (nSPS) is 24.6. The van der Waals surface area contributed by atoms with Gasteiger partial charge in [-0.1, -0.05) is 60.7 Å². The summed E-state index contributed by atoms with van der Waals surface area (Å²) in [5.41, 5.74) is 7.60. The minimum Gasteiger partial charge on any atom is -0.457 e. The predicted octanol–water partition coefficient (Wildman–Crippen LogP) is 9.06. The lowest BCUT2D eigenvalue weighted by Crippen LogP contribution is -2.46. The molecule has 0 spiro atoms. The lowest BCUT2D eigenvalue weighted by Gasteiger charge is -2.57. The Balaban J connectivity index is 1.10. The van der Waals surface area contributed by atoms with Gasteiger partial charge in [-0.3, -0.25) is 0 Å². The van der Waals surface area contributed by atoms with Crippen molar-refractivity contribution in [3.63, 3.8) is 0 Å². The lowest BCUT2D eigenvalue weighted by molar-refractivity contribution is -0.0570. The summed E-state index contributed by atoms with van der Waals surface area (Å²) in [4.78, 5) is 21.8. The molecule has 3 aromatic carbocycles. The molecule has 4 aliphatic carbocycles. The quantitative estimate of drug-likeness (QED) is 0.186. The predicted molar refractivity (Wildman–Crippen MR) is 172 cm³/mol. The van der Waals surface area contributed by atoms with Crippen molar-refractivity contribution in [2.45, 2.75) is 77.9 Å². The van der Waals surface area contributed by atoms with Crippen molar-refractivity contribution in [1.29, 1.82) is 0 Å². The van der Waals surface area contributed by atoms with Gasteiger partial charge in [0.05, 0.1) is 17.3 Å². The maximum atomic E-state index is 12.9. The maximum Gasteiger partial charge on any atom is 0.338 e. The Labute approximate surface area is 255 Å². The first-order valence-corrected chi connectivity index (χ1v) is 16.2. The number of rotatable bonds is 10. The molecule has 1 aromatic heterocycles. The number of aromatic amines is 1. The minimum absolute atomic E-state index is 0.0315. The molecular weight excluding hydrogens is 530 g/mol. The smallest absolute Gasteiger partial charge is 0.338 e. The van der Waals surface area contributed by atoms with Crippen LogP contribution in [0, 0.1) is 30.1 Å². The highest BCUT2D eigenvalue weighted by Gasteiger charge is 2.50. The van der Waals surface area contributed by atoms with Crippen LogP contribution < -0.4 is 5.32 Å². The fourth-order valence-electron chi connectivity index (χ4n) is 8.78. The van der Waals surface area contributed by atoms with Gasteiger partial charge >= 0.3 is 5.97 Å². The van der Waals surface area contributed by atoms with Crippen molar-refractivity contribution in [2.24, 2.45) is 23.2 Å². The Morgan fingerprint density at radius 3 is 2.37 bits per heavy atom. The van der Waals surface area contributed by atoms with Gasteiger partial charge in [0.2, 0.25) is 0 Å². The van der Waals surface area contributed by atoms with Crippen LogP contribution in [0.25, 0.3) is 11.4 Å². The second-order valence-electron chi connectivity index (χ2n) is 13.7. The molecule has 0 aliphatic heterocycles. The standard InChI is InChI=1S/C38H43N3O2/c1-25-9-6-7-14-33(25)36-40-34(15-16-38-21-28-17-29(22-38)19-30(18-28)23-38)35(41-36)26(2)39-32-13-8-12-31(20-32)37(42)43-24-27-10-4-3-5-11-27/h3-14,20,26,28-30,39H,15-19,21-24H2,1-2H3,(H,40,41). The van der Waals surface area contributed by atoms with E-state index in [1.807, 2.05) is 54.6 Å². The molecule has 8 rings (SSSR count). The number of H-pyrrole nitrogens is 1. The van der Waals surface area contributed by atoms with Gasteiger partial charge in [0.1, 0.15) is 12.4 Å². The number of carbonyl (C=O) groups is 1. The van der Waals surface area contributed by atoms with Gasteiger partial charge in [0.25, 0.3) is 0 Å². The molecule has 0 amide bonds. The van der Waals surface area contributed by atoms with Gasteiger partial charge in [-0.15, -0.1) is 0 Å². The van der Waals surface area contributed by atoms with E-state index in [-0.39, 0.29) is 18.6 Å². The van der Waals surface area contributed by atoms with Crippen molar-refractivity contribution in [2.75, 3.05) is 5.32 Å². The first-order valence-electron chi connectivity index (χ1n) is 16.2. The number of nitrogens with one attached hydrogen (secondary N) is 2. The molecular formula is C38H43N3O2. The highest BCUT2D eigenvalue weighted by molar-refractivity contribution is 5.90. The molecule has 222 valence electrons. The van der Waals surface area contributed by atoms with Crippen LogP contribution >= 0.6 is 0 Å². The third-order valence-electron chi connectivity index (χ3n) is 10.4. The summed E-state index contributed by atoms with van der Waals surface area (Å²) in [7, 11) is 0. The van der Waals surface area contributed by atoms with Crippen LogP contribution in [0.2, 0.25) is 0 Å². The fraction of sp³-hybridized carbons (Fsp3) is 0.421. The third kappa shape index (κ3) is 6.00. The molecule has 4 saturated carbocycles. The topological polar surface area (TPSA) is 67.0 Å². The Morgan fingerprint density at radius 1 is 0.953 bits per heavy atom. The number of ether oxygens (including phenoxy) is 1. The van der Waals surface area contributed by atoms with Gasteiger partial charge < -0.3 is 15.0 Å². The highest BCUT2D eigenvalue weighted by Crippen LogP contribution is 2.61. The summed E-state index contributed by atoms with van der Waals surface area (Å²) >= 11 is 0. The highest BCUT2D eigenvalue weighted by atomic mass is 16.5. The van der Waals surface area contributed by atoms with E-state index < -0.39 is 0 Å². The maximum absolute atomic E-state index is 12.9. The van der Waals surface area contributed by atoms with Crippen molar-refractivity contribution >= 4 is 11.7 Å².